The van der Waals surface area contributed by atoms with E-state index in [9.17, 15) is 5.11 Å². The van der Waals surface area contributed by atoms with E-state index < -0.39 is 0 Å². The summed E-state index contributed by atoms with van der Waals surface area (Å²) in [6.07, 6.45) is 3.62. The molecule has 1 aromatic carbocycles. The van der Waals surface area contributed by atoms with Crippen molar-refractivity contribution < 1.29 is 9.84 Å². The summed E-state index contributed by atoms with van der Waals surface area (Å²) in [5.41, 5.74) is 1.05. The maximum Gasteiger partial charge on any atom is 0.119 e. The predicted molar refractivity (Wildman–Crippen MR) is 78.2 cm³/mol. The molecule has 1 N–H and O–H groups in total. The smallest absolute Gasteiger partial charge is 0.119 e. The summed E-state index contributed by atoms with van der Waals surface area (Å²) in [7, 11) is 0. The van der Waals surface area contributed by atoms with Crippen molar-refractivity contribution in [3.05, 3.63) is 29.8 Å². The van der Waals surface area contributed by atoms with E-state index in [1.807, 2.05) is 32.0 Å². The molecule has 0 saturated carbocycles. The van der Waals surface area contributed by atoms with Gasteiger partial charge in [-0.05, 0) is 36.8 Å². The van der Waals surface area contributed by atoms with Crippen LogP contribution in [0, 0.1) is 0 Å². The fraction of sp³-hybridized carbons (Fsp3) is 0.625. The number of rotatable bonds is 2. The molecule has 0 radical (unpaired) electrons. The summed E-state index contributed by atoms with van der Waals surface area (Å²) in [4.78, 5) is 0. The van der Waals surface area contributed by atoms with Crippen LogP contribution in [0.1, 0.15) is 58.4 Å². The molecule has 2 nitrogen and oxygen atoms in total. The predicted octanol–water partition coefficient (Wildman–Crippen LogP) is 4.73. The highest BCUT2D eigenvalue weighted by atomic mass is 16.5. The van der Waals surface area contributed by atoms with Crippen LogP contribution < -0.4 is 0 Å². The van der Waals surface area contributed by atoms with Gasteiger partial charge in [-0.3, -0.25) is 0 Å². The van der Waals surface area contributed by atoms with Crippen LogP contribution in [0.5, 0.6) is 5.75 Å². The zero-order valence-corrected chi connectivity index (χ0v) is 12.3. The summed E-state index contributed by atoms with van der Waals surface area (Å²) in [6, 6.07) is 7.52. The average molecular weight is 252 g/mol. The summed E-state index contributed by atoms with van der Waals surface area (Å²) in [5.74, 6) is 0.873. The molecule has 2 heteroatoms. The first kappa shape index (κ1) is 17.0. The Bertz CT molecular complexity index is 285. The first-order chi connectivity index (χ1) is 8.75. The standard InChI is InChI=1S/C10H14O.C4H8O.C2H6/c1-3-8(2)9-6-4-5-7-10(9)11;1-2-4-5-3-1;1-2/h4-8,11H,3H2,1-2H3;1-4H2;1-2H3. The van der Waals surface area contributed by atoms with Gasteiger partial charge in [-0.15, -0.1) is 0 Å². The highest BCUT2D eigenvalue weighted by molar-refractivity contribution is 5.34. The van der Waals surface area contributed by atoms with Gasteiger partial charge in [0.15, 0.2) is 0 Å². The van der Waals surface area contributed by atoms with Gasteiger partial charge in [0.2, 0.25) is 0 Å². The number of benzene rings is 1. The van der Waals surface area contributed by atoms with Crippen molar-refractivity contribution in [3.8, 4) is 5.75 Å². The number of phenols is 1. The zero-order chi connectivity index (χ0) is 13.8. The van der Waals surface area contributed by atoms with E-state index in [0.717, 1.165) is 25.2 Å². The second kappa shape index (κ2) is 11.1. The quantitative estimate of drug-likeness (QED) is 0.824. The molecular formula is C16H28O2. The number of phenolic OH excluding ortho intramolecular Hbond substituents is 1. The summed E-state index contributed by atoms with van der Waals surface area (Å²) in [6.45, 7) is 10.2. The van der Waals surface area contributed by atoms with Crippen LogP contribution in [0.25, 0.3) is 0 Å². The minimum absolute atomic E-state index is 0.418. The fourth-order valence-corrected chi connectivity index (χ4v) is 1.63. The van der Waals surface area contributed by atoms with Gasteiger partial charge in [0, 0.05) is 13.2 Å². The fourth-order valence-electron chi connectivity index (χ4n) is 1.63. The number of ether oxygens (including phenoxy) is 1. The lowest BCUT2D eigenvalue weighted by Crippen LogP contribution is -1.90. The van der Waals surface area contributed by atoms with Crippen molar-refractivity contribution in [2.75, 3.05) is 13.2 Å². The molecule has 1 atom stereocenters. The molecule has 1 saturated heterocycles. The average Bonchev–Trinajstić information content (AvgIpc) is 3.00. The van der Waals surface area contributed by atoms with E-state index in [2.05, 4.69) is 13.8 Å². The van der Waals surface area contributed by atoms with Crippen molar-refractivity contribution >= 4 is 0 Å². The second-order valence-corrected chi connectivity index (χ2v) is 4.19. The number of aromatic hydroxyl groups is 1. The SMILES string of the molecule is C1CCOC1.CC.CCC(C)c1ccccc1O. The van der Waals surface area contributed by atoms with E-state index in [-0.39, 0.29) is 0 Å². The van der Waals surface area contributed by atoms with Gasteiger partial charge in [-0.1, -0.05) is 45.9 Å². The molecule has 104 valence electrons. The third-order valence-electron chi connectivity index (χ3n) is 2.91. The van der Waals surface area contributed by atoms with Gasteiger partial charge >= 0.3 is 0 Å². The van der Waals surface area contributed by atoms with E-state index >= 15 is 0 Å². The highest BCUT2D eigenvalue weighted by Crippen LogP contribution is 2.26. The van der Waals surface area contributed by atoms with E-state index in [4.69, 9.17) is 4.74 Å². The van der Waals surface area contributed by atoms with Crippen LogP contribution in [0.4, 0.5) is 0 Å². The molecule has 0 aromatic heterocycles. The Balaban J connectivity index is 0.000000343. The van der Waals surface area contributed by atoms with Crippen LogP contribution in [-0.4, -0.2) is 18.3 Å². The molecule has 1 heterocycles. The highest BCUT2D eigenvalue weighted by Gasteiger charge is 2.05. The molecule has 1 aliphatic heterocycles. The van der Waals surface area contributed by atoms with Crippen LogP contribution in [0.3, 0.4) is 0 Å². The maximum absolute atomic E-state index is 9.41. The molecule has 2 rings (SSSR count). The van der Waals surface area contributed by atoms with Gasteiger partial charge in [0.25, 0.3) is 0 Å². The minimum Gasteiger partial charge on any atom is -0.508 e. The Hall–Kier alpha value is -1.02. The molecule has 1 unspecified atom stereocenters. The van der Waals surface area contributed by atoms with Gasteiger partial charge in [0.1, 0.15) is 5.75 Å². The Kier molecular flexibility index (Phi) is 10.5. The topological polar surface area (TPSA) is 29.5 Å². The Morgan fingerprint density at radius 2 is 1.72 bits per heavy atom. The Morgan fingerprint density at radius 3 is 2.11 bits per heavy atom. The van der Waals surface area contributed by atoms with Gasteiger partial charge in [0.05, 0.1) is 0 Å². The lowest BCUT2D eigenvalue weighted by Gasteiger charge is -2.09. The van der Waals surface area contributed by atoms with Crippen molar-refractivity contribution in [1.82, 2.24) is 0 Å². The van der Waals surface area contributed by atoms with Crippen LogP contribution in [0.2, 0.25) is 0 Å². The second-order valence-electron chi connectivity index (χ2n) is 4.19. The monoisotopic (exact) mass is 252 g/mol. The molecular weight excluding hydrogens is 224 g/mol. The Morgan fingerprint density at radius 1 is 1.17 bits per heavy atom. The van der Waals surface area contributed by atoms with Gasteiger partial charge in [-0.2, -0.15) is 0 Å². The summed E-state index contributed by atoms with van der Waals surface area (Å²) >= 11 is 0. The number of hydrogen-bond acceptors (Lipinski definition) is 2. The molecule has 1 aromatic rings. The third-order valence-corrected chi connectivity index (χ3v) is 2.91. The van der Waals surface area contributed by atoms with Crippen LogP contribution >= 0.6 is 0 Å². The van der Waals surface area contributed by atoms with E-state index in [1.165, 1.54) is 12.8 Å². The van der Waals surface area contributed by atoms with Crippen molar-refractivity contribution in [2.24, 2.45) is 0 Å². The molecule has 0 amide bonds. The van der Waals surface area contributed by atoms with Gasteiger partial charge < -0.3 is 9.84 Å². The lowest BCUT2D eigenvalue weighted by molar-refractivity contribution is 0.198. The molecule has 0 aliphatic carbocycles. The maximum atomic E-state index is 9.41. The number of hydrogen-bond donors (Lipinski definition) is 1. The van der Waals surface area contributed by atoms with Crippen molar-refractivity contribution in [3.63, 3.8) is 0 Å². The van der Waals surface area contributed by atoms with Crippen molar-refractivity contribution in [2.45, 2.75) is 52.9 Å². The lowest BCUT2D eigenvalue weighted by atomic mass is 9.98. The first-order valence-electron chi connectivity index (χ1n) is 7.11. The molecule has 18 heavy (non-hydrogen) atoms. The van der Waals surface area contributed by atoms with E-state index in [0.29, 0.717) is 11.7 Å². The normalized spacial score (nSPS) is 14.9. The van der Waals surface area contributed by atoms with Gasteiger partial charge in [-0.25, -0.2) is 0 Å². The molecule has 1 aliphatic rings. The zero-order valence-electron chi connectivity index (χ0n) is 12.3. The minimum atomic E-state index is 0.418. The van der Waals surface area contributed by atoms with Crippen LogP contribution in [0.15, 0.2) is 24.3 Å². The molecule has 1 fully saturated rings. The summed E-state index contributed by atoms with van der Waals surface area (Å²) in [5, 5.41) is 9.41. The Labute approximate surface area is 112 Å². The number of para-hydroxylation sites is 1. The van der Waals surface area contributed by atoms with E-state index in [1.54, 1.807) is 6.07 Å². The first-order valence-corrected chi connectivity index (χ1v) is 7.11. The van der Waals surface area contributed by atoms with Crippen molar-refractivity contribution in [1.29, 1.82) is 0 Å². The summed E-state index contributed by atoms with van der Waals surface area (Å²) < 4.78 is 4.94. The molecule has 0 spiro atoms. The largest absolute Gasteiger partial charge is 0.508 e. The van der Waals surface area contributed by atoms with Crippen LogP contribution in [-0.2, 0) is 4.74 Å². The third kappa shape index (κ3) is 6.65. The molecule has 0 bridgehead atoms.